The molecular weight excluding hydrogens is 174 g/mol. The second kappa shape index (κ2) is 9.04. The Labute approximate surface area is 80.1 Å². The molecule has 0 unspecified atom stereocenters. The zero-order chi connectivity index (χ0) is 9.23. The van der Waals surface area contributed by atoms with Gasteiger partial charge in [-0.3, -0.25) is 0 Å². The molecule has 0 aromatic rings. The first-order valence-electron chi connectivity index (χ1n) is 4.28. The number of allylic oxidation sites excluding steroid dienone is 1. The minimum atomic E-state index is 0.597. The number of nitrogens with zero attached hydrogens (tertiary/aromatic N) is 1. The molecular formula is C9H18ClNO. The van der Waals surface area contributed by atoms with E-state index >= 15 is 0 Å². The molecule has 0 amide bonds. The van der Waals surface area contributed by atoms with Crippen LogP contribution in [0.15, 0.2) is 12.2 Å². The van der Waals surface area contributed by atoms with Gasteiger partial charge in [0, 0.05) is 25.6 Å². The maximum Gasteiger partial charge on any atom is 0.0593 e. The summed E-state index contributed by atoms with van der Waals surface area (Å²) in [4.78, 5) is 2.19. The second-order valence-corrected chi connectivity index (χ2v) is 2.89. The maximum atomic E-state index is 5.48. The van der Waals surface area contributed by atoms with Gasteiger partial charge in [0.1, 0.15) is 0 Å². The van der Waals surface area contributed by atoms with Crippen molar-refractivity contribution in [3.8, 4) is 0 Å². The number of ether oxygens (including phenoxy) is 1. The van der Waals surface area contributed by atoms with Crippen LogP contribution in [0.25, 0.3) is 0 Å². The quantitative estimate of drug-likeness (QED) is 0.346. The standard InChI is InChI=1S/C9H18ClNO/c1-3-12-9-8-11(2)7-5-4-6-10/h4-5H,3,6-9H2,1-2H3/b5-4+. The van der Waals surface area contributed by atoms with Crippen LogP contribution >= 0.6 is 11.6 Å². The van der Waals surface area contributed by atoms with E-state index in [-0.39, 0.29) is 0 Å². The lowest BCUT2D eigenvalue weighted by atomic mass is 10.4. The summed E-state index contributed by atoms with van der Waals surface area (Å²) in [6.07, 6.45) is 4.03. The highest BCUT2D eigenvalue weighted by molar-refractivity contribution is 6.18. The van der Waals surface area contributed by atoms with Crippen molar-refractivity contribution in [2.24, 2.45) is 0 Å². The monoisotopic (exact) mass is 191 g/mol. The number of alkyl halides is 1. The van der Waals surface area contributed by atoms with Crippen molar-refractivity contribution < 1.29 is 4.74 Å². The highest BCUT2D eigenvalue weighted by Gasteiger charge is 1.93. The summed E-state index contributed by atoms with van der Waals surface area (Å²) in [6.45, 7) is 5.53. The molecule has 0 aliphatic heterocycles. The third kappa shape index (κ3) is 8.05. The van der Waals surface area contributed by atoms with Gasteiger partial charge in [-0.1, -0.05) is 12.2 Å². The molecule has 0 rings (SSSR count). The molecule has 0 atom stereocenters. The molecule has 0 heterocycles. The van der Waals surface area contributed by atoms with E-state index in [1.54, 1.807) is 0 Å². The second-order valence-electron chi connectivity index (χ2n) is 2.58. The summed E-state index contributed by atoms with van der Waals surface area (Å²) in [7, 11) is 2.07. The van der Waals surface area contributed by atoms with Crippen LogP contribution in [0.4, 0.5) is 0 Å². The molecule has 72 valence electrons. The summed E-state index contributed by atoms with van der Waals surface area (Å²) < 4.78 is 5.22. The minimum absolute atomic E-state index is 0.597. The fraction of sp³-hybridized carbons (Fsp3) is 0.778. The summed E-state index contributed by atoms with van der Waals surface area (Å²) in [6, 6.07) is 0. The highest BCUT2D eigenvalue weighted by Crippen LogP contribution is 1.85. The third-order valence-electron chi connectivity index (χ3n) is 1.49. The van der Waals surface area contributed by atoms with Gasteiger partial charge in [0.15, 0.2) is 0 Å². The Kier molecular flexibility index (Phi) is 9.00. The van der Waals surface area contributed by atoms with Crippen LogP contribution < -0.4 is 0 Å². The number of halogens is 1. The van der Waals surface area contributed by atoms with E-state index in [0.717, 1.165) is 26.3 Å². The average molecular weight is 192 g/mol. The average Bonchev–Trinajstić information content (AvgIpc) is 2.06. The van der Waals surface area contributed by atoms with Crippen molar-refractivity contribution in [1.82, 2.24) is 4.90 Å². The van der Waals surface area contributed by atoms with E-state index in [2.05, 4.69) is 18.0 Å². The van der Waals surface area contributed by atoms with E-state index in [1.807, 2.05) is 13.0 Å². The van der Waals surface area contributed by atoms with Gasteiger partial charge < -0.3 is 9.64 Å². The Morgan fingerprint density at radius 2 is 2.17 bits per heavy atom. The van der Waals surface area contributed by atoms with Gasteiger partial charge in [0.25, 0.3) is 0 Å². The van der Waals surface area contributed by atoms with E-state index in [1.165, 1.54) is 0 Å². The zero-order valence-corrected chi connectivity index (χ0v) is 8.68. The third-order valence-corrected chi connectivity index (χ3v) is 1.67. The minimum Gasteiger partial charge on any atom is -0.380 e. The molecule has 0 aromatic carbocycles. The highest BCUT2D eigenvalue weighted by atomic mass is 35.5. The van der Waals surface area contributed by atoms with E-state index in [9.17, 15) is 0 Å². The van der Waals surface area contributed by atoms with Crippen molar-refractivity contribution in [2.75, 3.05) is 39.2 Å². The predicted molar refractivity (Wildman–Crippen MR) is 53.9 cm³/mol. The van der Waals surface area contributed by atoms with Crippen molar-refractivity contribution in [3.63, 3.8) is 0 Å². The molecule has 0 N–H and O–H groups in total. The summed E-state index contributed by atoms with van der Waals surface area (Å²) in [5, 5.41) is 0. The lowest BCUT2D eigenvalue weighted by molar-refractivity contribution is 0.125. The lowest BCUT2D eigenvalue weighted by Crippen LogP contribution is -2.23. The topological polar surface area (TPSA) is 12.5 Å². The van der Waals surface area contributed by atoms with Crippen LogP contribution in [0.5, 0.6) is 0 Å². The molecule has 0 saturated carbocycles. The number of hydrogen-bond donors (Lipinski definition) is 0. The van der Waals surface area contributed by atoms with Crippen molar-refractivity contribution >= 4 is 11.6 Å². The van der Waals surface area contributed by atoms with E-state index < -0.39 is 0 Å². The molecule has 0 radical (unpaired) electrons. The molecule has 0 bridgehead atoms. The maximum absolute atomic E-state index is 5.48. The molecule has 0 fully saturated rings. The summed E-state index contributed by atoms with van der Waals surface area (Å²) in [5.41, 5.74) is 0. The molecule has 0 saturated heterocycles. The van der Waals surface area contributed by atoms with Gasteiger partial charge in [-0.25, -0.2) is 0 Å². The van der Waals surface area contributed by atoms with Gasteiger partial charge >= 0.3 is 0 Å². The van der Waals surface area contributed by atoms with E-state index in [0.29, 0.717) is 5.88 Å². The fourth-order valence-corrected chi connectivity index (χ4v) is 0.899. The number of likely N-dealkylation sites (N-methyl/N-ethyl adjacent to an activating group) is 1. The Balaban J connectivity index is 3.21. The Morgan fingerprint density at radius 1 is 1.42 bits per heavy atom. The molecule has 0 aromatic heterocycles. The summed E-state index contributed by atoms with van der Waals surface area (Å²) in [5.74, 6) is 0.597. The lowest BCUT2D eigenvalue weighted by Gasteiger charge is -2.13. The van der Waals surface area contributed by atoms with Gasteiger partial charge in [0.05, 0.1) is 6.61 Å². The first-order chi connectivity index (χ1) is 5.81. The molecule has 0 aliphatic rings. The van der Waals surface area contributed by atoms with Crippen LogP contribution in [0, 0.1) is 0 Å². The SMILES string of the molecule is CCOCCN(C)C/C=C/CCl. The van der Waals surface area contributed by atoms with Crippen LogP contribution in [-0.2, 0) is 4.74 Å². The van der Waals surface area contributed by atoms with Gasteiger partial charge in [-0.05, 0) is 14.0 Å². The van der Waals surface area contributed by atoms with Crippen LogP contribution in [-0.4, -0.2) is 44.1 Å². The molecule has 2 nitrogen and oxygen atoms in total. The molecule has 0 aliphatic carbocycles. The normalized spacial score (nSPS) is 11.7. The van der Waals surface area contributed by atoms with Crippen molar-refractivity contribution in [2.45, 2.75) is 6.92 Å². The zero-order valence-electron chi connectivity index (χ0n) is 7.92. The predicted octanol–water partition coefficient (Wildman–Crippen LogP) is 1.75. The van der Waals surface area contributed by atoms with Crippen LogP contribution in [0.3, 0.4) is 0 Å². The Morgan fingerprint density at radius 3 is 2.75 bits per heavy atom. The summed E-state index contributed by atoms with van der Waals surface area (Å²) >= 11 is 5.48. The van der Waals surface area contributed by atoms with Crippen LogP contribution in [0.1, 0.15) is 6.92 Å². The van der Waals surface area contributed by atoms with Crippen molar-refractivity contribution in [1.29, 1.82) is 0 Å². The molecule has 3 heteroatoms. The first kappa shape index (κ1) is 11.9. The van der Waals surface area contributed by atoms with E-state index in [4.69, 9.17) is 16.3 Å². The Bertz CT molecular complexity index is 117. The largest absolute Gasteiger partial charge is 0.380 e. The van der Waals surface area contributed by atoms with Gasteiger partial charge in [-0.2, -0.15) is 0 Å². The smallest absolute Gasteiger partial charge is 0.0593 e. The first-order valence-corrected chi connectivity index (χ1v) is 4.82. The van der Waals surface area contributed by atoms with Gasteiger partial charge in [-0.15, -0.1) is 11.6 Å². The molecule has 12 heavy (non-hydrogen) atoms. The molecule has 0 spiro atoms. The van der Waals surface area contributed by atoms with Gasteiger partial charge in [0.2, 0.25) is 0 Å². The van der Waals surface area contributed by atoms with Crippen LogP contribution in [0.2, 0.25) is 0 Å². The number of hydrogen-bond acceptors (Lipinski definition) is 2. The number of rotatable bonds is 7. The fourth-order valence-electron chi connectivity index (χ4n) is 0.773. The Hall–Kier alpha value is -0.0500. The van der Waals surface area contributed by atoms with Crippen molar-refractivity contribution in [3.05, 3.63) is 12.2 Å².